The molecule has 0 aliphatic rings. The number of hydrogen-bond donors (Lipinski definition) is 0. The molecule has 0 saturated heterocycles. The summed E-state index contributed by atoms with van der Waals surface area (Å²) in [5, 5.41) is 0. The Bertz CT molecular complexity index is 168. The van der Waals surface area contributed by atoms with Crippen molar-refractivity contribution < 1.29 is 15.5 Å². The van der Waals surface area contributed by atoms with Crippen LogP contribution in [-0.2, 0) is 14.3 Å². The topological polar surface area (TPSA) is 43.4 Å². The van der Waals surface area contributed by atoms with E-state index in [1.165, 1.54) is 6.08 Å². The van der Waals surface area contributed by atoms with Gasteiger partial charge in [-0.1, -0.05) is 6.08 Å². The van der Waals surface area contributed by atoms with Gasteiger partial charge in [0.25, 0.3) is 10.1 Å². The summed E-state index contributed by atoms with van der Waals surface area (Å²) in [5.74, 6) is -0.122. The van der Waals surface area contributed by atoms with Crippen LogP contribution in [0, 0.1) is 0 Å². The van der Waals surface area contributed by atoms with Crippen molar-refractivity contribution in [2.24, 2.45) is 0 Å². The maximum absolute atomic E-state index is 10.3. The Morgan fingerprint density at radius 1 is 1.78 bits per heavy atom. The molecule has 0 amide bonds. The Kier molecular flexibility index (Phi) is 7.03. The van der Waals surface area contributed by atoms with E-state index >= 15 is 0 Å². The molecule has 52 valence electrons. The Labute approximate surface area is 74.3 Å². The van der Waals surface area contributed by atoms with E-state index in [2.05, 4.69) is 10.8 Å². The molecule has 0 aromatic rings. The minimum Gasteiger partial charge on any atom is -1.00 e. The first-order chi connectivity index (χ1) is 3.62. The van der Waals surface area contributed by atoms with Gasteiger partial charge in [-0.2, -0.15) is 8.42 Å². The second kappa shape index (κ2) is 5.22. The standard InChI is InChI=1S/C4H8O3S.Mg.2H/c1-3-4-8(5,6)7-2;;;/h3H,1,4H2,2H3;;;/q;+2;2*-1. The van der Waals surface area contributed by atoms with Crippen LogP contribution in [0.2, 0.25) is 0 Å². The van der Waals surface area contributed by atoms with Gasteiger partial charge < -0.3 is 2.85 Å². The van der Waals surface area contributed by atoms with Crippen molar-refractivity contribution in [1.82, 2.24) is 0 Å². The second-order valence-corrected chi connectivity index (χ2v) is 2.96. The maximum atomic E-state index is 10.3. The fourth-order valence-corrected chi connectivity index (χ4v) is 0.637. The molecule has 0 heterocycles. The molecular weight excluding hydrogens is 152 g/mol. The SMILES string of the molecule is C=CCS(=O)(=O)OC.[H-].[H-].[Mg+2]. The summed E-state index contributed by atoms with van der Waals surface area (Å²) in [7, 11) is -2.16. The van der Waals surface area contributed by atoms with Crippen LogP contribution in [0.4, 0.5) is 0 Å². The Morgan fingerprint density at radius 3 is 2.33 bits per heavy atom. The normalized spacial score (nSPS) is 9.89. The first-order valence-electron chi connectivity index (χ1n) is 2.01. The summed E-state index contributed by atoms with van der Waals surface area (Å²) in [6, 6.07) is 0. The van der Waals surface area contributed by atoms with Gasteiger partial charge in [0, 0.05) is 0 Å². The zero-order valence-corrected chi connectivity index (χ0v) is 7.56. The molecule has 0 unspecified atom stereocenters. The fraction of sp³-hybridized carbons (Fsp3) is 0.500. The summed E-state index contributed by atoms with van der Waals surface area (Å²) >= 11 is 0. The fourth-order valence-electron chi connectivity index (χ4n) is 0.212. The Balaban J connectivity index is -0.0000000817. The third-order valence-electron chi connectivity index (χ3n) is 0.576. The minimum atomic E-state index is -3.29. The van der Waals surface area contributed by atoms with Crippen LogP contribution < -0.4 is 0 Å². The molecule has 5 heteroatoms. The van der Waals surface area contributed by atoms with Crippen molar-refractivity contribution in [2.45, 2.75) is 0 Å². The van der Waals surface area contributed by atoms with Crippen LogP contribution in [-0.4, -0.2) is 44.3 Å². The first kappa shape index (κ1) is 12.1. The molecule has 0 spiro atoms. The third-order valence-corrected chi connectivity index (χ3v) is 1.73. The second-order valence-electron chi connectivity index (χ2n) is 1.18. The van der Waals surface area contributed by atoms with Crippen LogP contribution >= 0.6 is 0 Å². The summed E-state index contributed by atoms with van der Waals surface area (Å²) in [4.78, 5) is 0. The molecule has 0 rings (SSSR count). The van der Waals surface area contributed by atoms with Gasteiger partial charge in [-0.3, -0.25) is 4.18 Å². The van der Waals surface area contributed by atoms with Crippen molar-refractivity contribution in [3.8, 4) is 0 Å². The minimum absolute atomic E-state index is 0. The van der Waals surface area contributed by atoms with Gasteiger partial charge in [-0.25, -0.2) is 0 Å². The van der Waals surface area contributed by atoms with E-state index < -0.39 is 10.1 Å². The molecule has 0 saturated carbocycles. The quantitative estimate of drug-likeness (QED) is 0.333. The largest absolute Gasteiger partial charge is 2.00 e. The average molecular weight is 162 g/mol. The van der Waals surface area contributed by atoms with E-state index in [0.29, 0.717) is 0 Å². The van der Waals surface area contributed by atoms with Crippen molar-refractivity contribution in [2.75, 3.05) is 12.9 Å². The molecule has 0 atom stereocenters. The summed E-state index contributed by atoms with van der Waals surface area (Å²) in [6.07, 6.45) is 1.28. The van der Waals surface area contributed by atoms with E-state index in [4.69, 9.17) is 0 Å². The first-order valence-corrected chi connectivity index (χ1v) is 3.59. The summed E-state index contributed by atoms with van der Waals surface area (Å²) in [6.45, 7) is 3.23. The Hall–Kier alpha value is 0.416. The molecule has 0 aromatic heterocycles. The van der Waals surface area contributed by atoms with E-state index in [1.54, 1.807) is 0 Å². The molecule has 0 bridgehead atoms. The van der Waals surface area contributed by atoms with E-state index in [-0.39, 0.29) is 31.7 Å². The smallest absolute Gasteiger partial charge is 1.00 e. The zero-order valence-electron chi connectivity index (χ0n) is 7.33. The predicted molar refractivity (Wildman–Crippen MR) is 39.0 cm³/mol. The van der Waals surface area contributed by atoms with Crippen LogP contribution in [0.1, 0.15) is 2.85 Å². The molecule has 0 aromatic carbocycles. The maximum Gasteiger partial charge on any atom is 2.00 e. The Morgan fingerprint density at radius 2 is 2.22 bits per heavy atom. The van der Waals surface area contributed by atoms with Crippen LogP contribution in [0.5, 0.6) is 0 Å². The van der Waals surface area contributed by atoms with Gasteiger partial charge in [0.1, 0.15) is 0 Å². The average Bonchev–Trinajstić information content (AvgIpc) is 1.67. The predicted octanol–water partition coefficient (Wildman–Crippen LogP) is -0.00720. The van der Waals surface area contributed by atoms with Crippen molar-refractivity contribution in [1.29, 1.82) is 0 Å². The van der Waals surface area contributed by atoms with Gasteiger partial charge in [0.05, 0.1) is 12.9 Å². The van der Waals surface area contributed by atoms with Crippen LogP contribution in [0.3, 0.4) is 0 Å². The van der Waals surface area contributed by atoms with E-state index in [9.17, 15) is 8.42 Å². The molecule has 0 aliphatic heterocycles. The van der Waals surface area contributed by atoms with Crippen LogP contribution in [0.15, 0.2) is 12.7 Å². The van der Waals surface area contributed by atoms with Gasteiger partial charge in [0.2, 0.25) is 0 Å². The molecule has 0 radical (unpaired) electrons. The van der Waals surface area contributed by atoms with Crippen molar-refractivity contribution in [3.05, 3.63) is 12.7 Å². The molecule has 0 N–H and O–H groups in total. The summed E-state index contributed by atoms with van der Waals surface area (Å²) in [5.41, 5.74) is 0. The van der Waals surface area contributed by atoms with E-state index in [1.807, 2.05) is 0 Å². The molecule has 0 aliphatic carbocycles. The monoisotopic (exact) mass is 162 g/mol. The van der Waals surface area contributed by atoms with Crippen molar-refractivity contribution >= 4 is 33.2 Å². The third kappa shape index (κ3) is 6.30. The molecule has 3 nitrogen and oxygen atoms in total. The zero-order chi connectivity index (χ0) is 6.62. The molecular formula is C4H10MgO3S. The molecule has 0 fully saturated rings. The van der Waals surface area contributed by atoms with Gasteiger partial charge in [-0.15, -0.1) is 6.58 Å². The molecule has 9 heavy (non-hydrogen) atoms. The van der Waals surface area contributed by atoms with Gasteiger partial charge in [0.15, 0.2) is 0 Å². The number of hydrogen-bond acceptors (Lipinski definition) is 3. The van der Waals surface area contributed by atoms with Crippen molar-refractivity contribution in [3.63, 3.8) is 0 Å². The summed E-state index contributed by atoms with van der Waals surface area (Å²) < 4.78 is 24.7. The van der Waals surface area contributed by atoms with Gasteiger partial charge in [-0.05, 0) is 0 Å². The van der Waals surface area contributed by atoms with Gasteiger partial charge >= 0.3 is 23.1 Å². The van der Waals surface area contributed by atoms with E-state index in [0.717, 1.165) is 7.11 Å². The number of rotatable bonds is 3. The van der Waals surface area contributed by atoms with Crippen LogP contribution in [0.25, 0.3) is 0 Å².